The Morgan fingerprint density at radius 1 is 1.13 bits per heavy atom. The number of aromatic nitrogens is 2. The van der Waals surface area contributed by atoms with E-state index >= 15 is 0 Å². The highest BCUT2D eigenvalue weighted by molar-refractivity contribution is 7.92. The Kier molecular flexibility index (Phi) is 6.81. The molecular formula is C14H11F5N4O5S2. The summed E-state index contributed by atoms with van der Waals surface area (Å²) in [5.41, 5.74) is -1.20. The summed E-state index contributed by atoms with van der Waals surface area (Å²) in [5.74, 6) is -6.09. The first-order valence-corrected chi connectivity index (χ1v) is 9.76. The molecule has 2 rings (SSSR count). The Morgan fingerprint density at radius 2 is 1.70 bits per heavy atom. The Morgan fingerprint density at radius 3 is 2.20 bits per heavy atom. The summed E-state index contributed by atoms with van der Waals surface area (Å²) in [6.07, 6.45) is -5.67. The van der Waals surface area contributed by atoms with Gasteiger partial charge in [0, 0.05) is 5.56 Å². The third-order valence-corrected chi connectivity index (χ3v) is 5.92. The molecule has 9 nitrogen and oxygen atoms in total. The number of nitrogens with one attached hydrogen (secondary N) is 2. The summed E-state index contributed by atoms with van der Waals surface area (Å²) < 4.78 is 98.8. The van der Waals surface area contributed by atoms with E-state index in [9.17, 15) is 35.2 Å². The molecule has 0 saturated heterocycles. The smallest absolute Gasteiger partial charge is 0.445 e. The molecule has 0 radical (unpaired) electrons. The lowest BCUT2D eigenvalue weighted by Gasteiger charge is -2.10. The highest BCUT2D eigenvalue weighted by atomic mass is 32.2. The van der Waals surface area contributed by atoms with Crippen molar-refractivity contribution >= 4 is 39.2 Å². The van der Waals surface area contributed by atoms with Gasteiger partial charge in [-0.25, -0.2) is 22.3 Å². The van der Waals surface area contributed by atoms with Crippen LogP contribution in [0.3, 0.4) is 0 Å². The van der Waals surface area contributed by atoms with Gasteiger partial charge in [0.25, 0.3) is 10.0 Å². The number of anilines is 1. The largest absolute Gasteiger partial charge is 0.481 e. The predicted octanol–water partition coefficient (Wildman–Crippen LogP) is 3.24. The zero-order valence-electron chi connectivity index (χ0n) is 14.9. The third kappa shape index (κ3) is 5.32. The predicted molar refractivity (Wildman–Crippen MR) is 94.0 cm³/mol. The lowest BCUT2D eigenvalue weighted by Crippen LogP contribution is -2.34. The Hall–Kier alpha value is -3.01. The zero-order chi connectivity index (χ0) is 22.7. The Labute approximate surface area is 169 Å². The number of urea groups is 1. The summed E-state index contributed by atoms with van der Waals surface area (Å²) in [6, 6.07) is 0.431. The van der Waals surface area contributed by atoms with Crippen LogP contribution in [0.1, 0.15) is 5.56 Å². The van der Waals surface area contributed by atoms with E-state index in [2.05, 4.69) is 9.97 Å². The molecule has 0 aliphatic heterocycles. The molecule has 0 aromatic carbocycles. The minimum absolute atomic E-state index is 0.0459. The van der Waals surface area contributed by atoms with Crippen molar-refractivity contribution in [1.29, 1.82) is 0 Å². The number of hydrogen-bond acceptors (Lipinski definition) is 8. The SMILES string of the molecule is COc1cc(OC)nc(NC(=O)NS(=O)(=O)c2sccc2/C(F)=C(/F)C(F)(F)F)n1. The van der Waals surface area contributed by atoms with E-state index in [-0.39, 0.29) is 23.1 Å². The number of rotatable bonds is 6. The number of ether oxygens (including phenoxy) is 2. The van der Waals surface area contributed by atoms with Crippen molar-refractivity contribution in [2.45, 2.75) is 10.4 Å². The summed E-state index contributed by atoms with van der Waals surface area (Å²) >= 11 is 0.263. The summed E-state index contributed by atoms with van der Waals surface area (Å²) in [6.45, 7) is 0. The number of alkyl halides is 3. The Balaban J connectivity index is 2.29. The molecular weight excluding hydrogens is 463 g/mol. The van der Waals surface area contributed by atoms with Crippen LogP contribution in [-0.2, 0) is 10.0 Å². The Bertz CT molecular complexity index is 1060. The van der Waals surface area contributed by atoms with Crippen LogP contribution in [0.25, 0.3) is 5.83 Å². The van der Waals surface area contributed by atoms with Gasteiger partial charge in [-0.3, -0.25) is 5.32 Å². The number of sulfonamides is 1. The van der Waals surface area contributed by atoms with Crippen LogP contribution < -0.4 is 19.5 Å². The second-order valence-corrected chi connectivity index (χ2v) is 7.88. The van der Waals surface area contributed by atoms with E-state index in [0.29, 0.717) is 6.07 Å². The number of carbonyl (C=O) groups is 1. The number of methoxy groups -OCH3 is 2. The van der Waals surface area contributed by atoms with Gasteiger partial charge in [-0.1, -0.05) is 0 Å². The second-order valence-electron chi connectivity index (χ2n) is 5.08. The van der Waals surface area contributed by atoms with Gasteiger partial charge in [0.05, 0.1) is 20.3 Å². The fraction of sp³-hybridized carbons (Fsp3) is 0.214. The van der Waals surface area contributed by atoms with Gasteiger partial charge in [0.15, 0.2) is 10.0 Å². The molecule has 0 bridgehead atoms. The van der Waals surface area contributed by atoms with Crippen molar-refractivity contribution in [1.82, 2.24) is 14.7 Å². The van der Waals surface area contributed by atoms with Gasteiger partial charge < -0.3 is 9.47 Å². The number of thiophene rings is 1. The average Bonchev–Trinajstić information content (AvgIpc) is 3.16. The van der Waals surface area contributed by atoms with Crippen molar-refractivity contribution in [2.75, 3.05) is 19.5 Å². The average molecular weight is 474 g/mol. The maximum Gasteiger partial charge on any atom is 0.445 e. The minimum Gasteiger partial charge on any atom is -0.481 e. The summed E-state index contributed by atoms with van der Waals surface area (Å²) in [5, 5.41) is 2.84. The molecule has 2 N–H and O–H groups in total. The van der Waals surface area contributed by atoms with Gasteiger partial charge in [0.2, 0.25) is 23.5 Å². The first-order chi connectivity index (χ1) is 13.9. The lowest BCUT2D eigenvalue weighted by molar-refractivity contribution is -0.108. The van der Waals surface area contributed by atoms with Crippen LogP contribution in [0.5, 0.6) is 11.8 Å². The van der Waals surface area contributed by atoms with Crippen molar-refractivity contribution in [2.24, 2.45) is 0 Å². The van der Waals surface area contributed by atoms with Gasteiger partial charge in [-0.15, -0.1) is 11.3 Å². The van der Waals surface area contributed by atoms with Crippen LogP contribution in [0, 0.1) is 0 Å². The molecule has 2 heterocycles. The van der Waals surface area contributed by atoms with Crippen LogP contribution in [0.15, 0.2) is 27.5 Å². The number of hydrogen-bond donors (Lipinski definition) is 2. The highest BCUT2D eigenvalue weighted by Crippen LogP contribution is 2.38. The topological polar surface area (TPSA) is 120 Å². The van der Waals surface area contributed by atoms with Crippen LogP contribution >= 0.6 is 11.3 Å². The summed E-state index contributed by atoms with van der Waals surface area (Å²) in [7, 11) is -2.40. The molecule has 0 unspecified atom stereocenters. The van der Waals surface area contributed by atoms with Gasteiger partial charge >= 0.3 is 12.2 Å². The van der Waals surface area contributed by atoms with E-state index in [0.717, 1.165) is 5.38 Å². The number of allylic oxidation sites excluding steroid dienone is 1. The maximum absolute atomic E-state index is 13.9. The molecule has 2 aromatic heterocycles. The van der Waals surface area contributed by atoms with Crippen molar-refractivity contribution in [3.8, 4) is 11.8 Å². The molecule has 0 fully saturated rings. The first kappa shape index (κ1) is 23.3. The zero-order valence-corrected chi connectivity index (χ0v) is 16.5. The monoisotopic (exact) mass is 474 g/mol. The van der Waals surface area contributed by atoms with E-state index in [1.54, 1.807) is 0 Å². The summed E-state index contributed by atoms with van der Waals surface area (Å²) in [4.78, 5) is 19.4. The van der Waals surface area contributed by atoms with Crippen molar-refractivity contribution < 1.29 is 44.6 Å². The molecule has 0 aliphatic carbocycles. The minimum atomic E-state index is -5.67. The van der Waals surface area contributed by atoms with Crippen LogP contribution in [-0.4, -0.2) is 44.8 Å². The molecule has 0 atom stereocenters. The van der Waals surface area contributed by atoms with E-state index in [1.165, 1.54) is 25.0 Å². The molecule has 0 aliphatic rings. The molecule has 164 valence electrons. The number of halogens is 5. The normalized spacial score (nSPS) is 12.8. The molecule has 30 heavy (non-hydrogen) atoms. The number of carbonyl (C=O) groups excluding carboxylic acids is 1. The molecule has 2 amide bonds. The van der Waals surface area contributed by atoms with E-state index in [4.69, 9.17) is 9.47 Å². The van der Waals surface area contributed by atoms with E-state index < -0.39 is 49.6 Å². The molecule has 0 spiro atoms. The molecule has 2 aromatic rings. The van der Waals surface area contributed by atoms with E-state index in [1.807, 2.05) is 5.32 Å². The number of amides is 2. The van der Waals surface area contributed by atoms with Crippen molar-refractivity contribution in [3.05, 3.63) is 28.9 Å². The standard InChI is InChI=1S/C14H11F5N4O5S2/c1-27-7-5-8(28-2)21-12(20-7)22-13(24)23-30(25,26)11-6(3-4-29-11)9(15)10(16)14(17,18)19/h3-5H,1-2H3,(H2,20,21,22,23,24)/b10-9-. The maximum atomic E-state index is 13.9. The first-order valence-electron chi connectivity index (χ1n) is 7.40. The second kappa shape index (κ2) is 8.78. The lowest BCUT2D eigenvalue weighted by atomic mass is 10.2. The quantitative estimate of drug-likeness (QED) is 0.617. The number of nitrogens with zero attached hydrogens (tertiary/aromatic N) is 2. The fourth-order valence-corrected chi connectivity index (χ4v) is 4.12. The van der Waals surface area contributed by atoms with Gasteiger partial charge in [-0.05, 0) is 11.4 Å². The molecule has 16 heteroatoms. The highest BCUT2D eigenvalue weighted by Gasteiger charge is 2.40. The fourth-order valence-electron chi connectivity index (χ4n) is 1.87. The van der Waals surface area contributed by atoms with Crippen LogP contribution in [0.2, 0.25) is 0 Å². The third-order valence-electron chi connectivity index (χ3n) is 3.10. The van der Waals surface area contributed by atoms with Gasteiger partial charge in [0.1, 0.15) is 0 Å². The van der Waals surface area contributed by atoms with Gasteiger partial charge in [-0.2, -0.15) is 27.5 Å². The van der Waals surface area contributed by atoms with Crippen LogP contribution in [0.4, 0.5) is 32.7 Å². The molecule has 0 saturated carbocycles. The van der Waals surface area contributed by atoms with Crippen molar-refractivity contribution in [3.63, 3.8) is 0 Å².